The highest BCUT2D eigenvalue weighted by atomic mass is 32.2. The number of amides is 1. The minimum absolute atomic E-state index is 0.101. The molecule has 0 radical (unpaired) electrons. The summed E-state index contributed by atoms with van der Waals surface area (Å²) in [5, 5.41) is 12.3. The number of hydrogen-bond acceptors (Lipinski definition) is 8. The van der Waals surface area contributed by atoms with Gasteiger partial charge in [-0.1, -0.05) is 11.8 Å². The lowest BCUT2D eigenvalue weighted by Gasteiger charge is -2.27. The van der Waals surface area contributed by atoms with Gasteiger partial charge < -0.3 is 19.4 Å². The molecule has 10 heteroatoms. The Morgan fingerprint density at radius 2 is 2.10 bits per heavy atom. The van der Waals surface area contributed by atoms with Gasteiger partial charge in [-0.15, -0.1) is 10.2 Å². The molecule has 0 aromatic carbocycles. The van der Waals surface area contributed by atoms with Crippen molar-refractivity contribution in [2.24, 2.45) is 0 Å². The highest BCUT2D eigenvalue weighted by Gasteiger charge is 2.21. The Morgan fingerprint density at radius 1 is 1.27 bits per heavy atom. The number of aromatic nitrogens is 3. The molecule has 2 aromatic rings. The number of rotatable bonds is 11. The second kappa shape index (κ2) is 11.6. The topological polar surface area (TPSA) is 102 Å². The molecule has 2 aromatic heterocycles. The van der Waals surface area contributed by atoms with Gasteiger partial charge in [-0.25, -0.2) is 0 Å². The Hall–Kier alpha value is -2.49. The van der Waals surface area contributed by atoms with E-state index in [1.165, 1.54) is 18.2 Å². The zero-order valence-electron chi connectivity index (χ0n) is 17.3. The van der Waals surface area contributed by atoms with Crippen LogP contribution in [-0.2, 0) is 20.9 Å². The van der Waals surface area contributed by atoms with Crippen LogP contribution < -0.4 is 10.2 Å². The van der Waals surface area contributed by atoms with Gasteiger partial charge in [-0.05, 0) is 44.7 Å². The number of anilines is 1. The van der Waals surface area contributed by atoms with Gasteiger partial charge in [0.15, 0.2) is 5.16 Å². The molecule has 1 N–H and O–H groups in total. The van der Waals surface area contributed by atoms with Crippen molar-refractivity contribution >= 4 is 29.6 Å². The van der Waals surface area contributed by atoms with Crippen LogP contribution in [0.3, 0.4) is 0 Å². The van der Waals surface area contributed by atoms with E-state index in [9.17, 15) is 9.59 Å². The second-order valence-electron chi connectivity index (χ2n) is 7.04. The molecule has 1 aliphatic heterocycles. The molecule has 1 amide bonds. The summed E-state index contributed by atoms with van der Waals surface area (Å²) in [6.07, 6.45) is 6.03. The van der Waals surface area contributed by atoms with E-state index >= 15 is 0 Å². The first-order chi connectivity index (χ1) is 14.7. The van der Waals surface area contributed by atoms with Gasteiger partial charge in [-0.3, -0.25) is 14.2 Å². The van der Waals surface area contributed by atoms with Crippen LogP contribution in [0.4, 0.5) is 5.95 Å². The first-order valence-electron chi connectivity index (χ1n) is 10.4. The van der Waals surface area contributed by atoms with Crippen LogP contribution in [0.2, 0.25) is 0 Å². The number of carbonyl (C=O) groups excluding carboxylic acids is 2. The van der Waals surface area contributed by atoms with Gasteiger partial charge in [0.25, 0.3) is 0 Å². The molecule has 164 valence electrons. The molecular formula is C20H29N5O4S. The average molecular weight is 436 g/mol. The van der Waals surface area contributed by atoms with Crippen molar-refractivity contribution in [1.82, 2.24) is 20.1 Å². The summed E-state index contributed by atoms with van der Waals surface area (Å²) in [6.45, 7) is 5.04. The quantitative estimate of drug-likeness (QED) is 0.326. The average Bonchev–Trinajstić information content (AvgIpc) is 3.41. The van der Waals surface area contributed by atoms with E-state index in [2.05, 4.69) is 20.4 Å². The number of carbonyl (C=O) groups is 2. The first kappa shape index (κ1) is 22.2. The fourth-order valence-electron chi connectivity index (χ4n) is 3.29. The third-order valence-corrected chi connectivity index (χ3v) is 5.71. The van der Waals surface area contributed by atoms with Crippen molar-refractivity contribution in [3.63, 3.8) is 0 Å². The smallest absolute Gasteiger partial charge is 0.305 e. The Balaban J connectivity index is 1.55. The van der Waals surface area contributed by atoms with E-state index in [1.807, 2.05) is 16.7 Å². The van der Waals surface area contributed by atoms with Gasteiger partial charge in [0.05, 0.1) is 25.2 Å². The minimum atomic E-state index is -0.239. The molecule has 1 fully saturated rings. The maximum absolute atomic E-state index is 12.2. The molecular weight excluding hydrogens is 406 g/mol. The molecule has 9 nitrogen and oxygen atoms in total. The molecule has 1 saturated heterocycles. The van der Waals surface area contributed by atoms with E-state index in [0.29, 0.717) is 37.7 Å². The molecule has 0 unspecified atom stereocenters. The summed E-state index contributed by atoms with van der Waals surface area (Å²) in [5.74, 6) is 1.53. The third-order valence-electron chi connectivity index (χ3n) is 4.75. The van der Waals surface area contributed by atoms with E-state index < -0.39 is 0 Å². The molecule has 30 heavy (non-hydrogen) atoms. The minimum Gasteiger partial charge on any atom is -0.467 e. The lowest BCUT2D eigenvalue weighted by Crippen LogP contribution is -2.32. The van der Waals surface area contributed by atoms with E-state index in [1.54, 1.807) is 13.2 Å². The lowest BCUT2D eigenvalue weighted by molar-refractivity contribution is -0.143. The fourth-order valence-corrected chi connectivity index (χ4v) is 4.05. The highest BCUT2D eigenvalue weighted by Crippen LogP contribution is 2.25. The summed E-state index contributed by atoms with van der Waals surface area (Å²) >= 11 is 1.35. The number of esters is 1. The van der Waals surface area contributed by atoms with Crippen LogP contribution in [0.5, 0.6) is 0 Å². The molecule has 0 bridgehead atoms. The predicted octanol–water partition coefficient (Wildman–Crippen LogP) is 2.46. The van der Waals surface area contributed by atoms with Crippen LogP contribution in [0.1, 0.15) is 44.8 Å². The van der Waals surface area contributed by atoms with Crippen LogP contribution in [0, 0.1) is 0 Å². The highest BCUT2D eigenvalue weighted by molar-refractivity contribution is 7.99. The number of piperidine rings is 1. The molecule has 0 spiro atoms. The number of nitrogens with zero attached hydrogens (tertiary/aromatic N) is 4. The normalized spacial score (nSPS) is 14.0. The molecule has 3 heterocycles. The van der Waals surface area contributed by atoms with E-state index in [-0.39, 0.29) is 17.6 Å². The number of ether oxygens (including phenoxy) is 1. The van der Waals surface area contributed by atoms with Crippen molar-refractivity contribution in [2.45, 2.75) is 50.7 Å². The summed E-state index contributed by atoms with van der Waals surface area (Å²) in [4.78, 5) is 25.8. The Bertz CT molecular complexity index is 802. The van der Waals surface area contributed by atoms with Crippen LogP contribution in [0.25, 0.3) is 0 Å². The van der Waals surface area contributed by atoms with Gasteiger partial charge in [0, 0.05) is 26.1 Å². The van der Waals surface area contributed by atoms with Crippen molar-refractivity contribution in [2.75, 3.05) is 36.9 Å². The van der Waals surface area contributed by atoms with Crippen molar-refractivity contribution in [1.29, 1.82) is 0 Å². The number of thioether (sulfide) groups is 1. The SMILES string of the molecule is CCOC(=O)CCCNC(=O)CSc1nnc(N2CCCCC2)n1Cc1ccco1. The van der Waals surface area contributed by atoms with E-state index in [4.69, 9.17) is 9.15 Å². The Morgan fingerprint density at radius 3 is 2.83 bits per heavy atom. The predicted molar refractivity (Wildman–Crippen MR) is 113 cm³/mol. The van der Waals surface area contributed by atoms with Gasteiger partial charge >= 0.3 is 5.97 Å². The number of furan rings is 1. The zero-order chi connectivity index (χ0) is 21.2. The molecule has 3 rings (SSSR count). The zero-order valence-corrected chi connectivity index (χ0v) is 18.2. The monoisotopic (exact) mass is 435 g/mol. The maximum Gasteiger partial charge on any atom is 0.305 e. The standard InChI is InChI=1S/C20H29N5O4S/c1-2-28-18(27)9-6-10-21-17(26)15-30-20-23-22-19(24-11-4-3-5-12-24)25(20)14-16-8-7-13-29-16/h7-8,13H,2-6,9-12,14-15H2,1H3,(H,21,26). The summed E-state index contributed by atoms with van der Waals surface area (Å²) in [5.41, 5.74) is 0. The largest absolute Gasteiger partial charge is 0.467 e. The second-order valence-corrected chi connectivity index (χ2v) is 7.99. The molecule has 0 aliphatic carbocycles. The third kappa shape index (κ3) is 6.51. The Labute approximate surface area is 180 Å². The van der Waals surface area contributed by atoms with Gasteiger partial charge in [0.1, 0.15) is 5.76 Å². The van der Waals surface area contributed by atoms with Crippen molar-refractivity contribution in [3.8, 4) is 0 Å². The molecule has 0 saturated carbocycles. The van der Waals surface area contributed by atoms with Gasteiger partial charge in [-0.2, -0.15) is 0 Å². The summed E-state index contributed by atoms with van der Waals surface area (Å²) < 4.78 is 12.4. The van der Waals surface area contributed by atoms with Crippen LogP contribution >= 0.6 is 11.8 Å². The fraction of sp³-hybridized carbons (Fsp3) is 0.600. The van der Waals surface area contributed by atoms with E-state index in [0.717, 1.165) is 37.6 Å². The first-order valence-corrected chi connectivity index (χ1v) is 11.4. The van der Waals surface area contributed by atoms with Crippen molar-refractivity contribution in [3.05, 3.63) is 24.2 Å². The van der Waals surface area contributed by atoms with Gasteiger partial charge in [0.2, 0.25) is 11.9 Å². The lowest BCUT2D eigenvalue weighted by atomic mass is 10.1. The van der Waals surface area contributed by atoms with Crippen molar-refractivity contribution < 1.29 is 18.7 Å². The Kier molecular flexibility index (Phi) is 8.61. The van der Waals surface area contributed by atoms with Crippen LogP contribution in [0.15, 0.2) is 28.0 Å². The summed E-state index contributed by atoms with van der Waals surface area (Å²) in [7, 11) is 0. The molecule has 1 aliphatic rings. The maximum atomic E-state index is 12.2. The van der Waals surface area contributed by atoms with Crippen LogP contribution in [-0.4, -0.2) is 58.6 Å². The number of nitrogens with one attached hydrogen (secondary N) is 1. The number of hydrogen-bond donors (Lipinski definition) is 1. The molecule has 0 atom stereocenters. The summed E-state index contributed by atoms with van der Waals surface area (Å²) in [6, 6.07) is 3.78.